The number of nitrogens with one attached hydrogen (secondary N) is 1. The molecule has 5 nitrogen and oxygen atoms in total. The van der Waals surface area contributed by atoms with Crippen molar-refractivity contribution in [3.8, 4) is 11.4 Å². The van der Waals surface area contributed by atoms with E-state index in [4.69, 9.17) is 4.98 Å². The molecule has 1 aliphatic heterocycles. The van der Waals surface area contributed by atoms with Crippen molar-refractivity contribution in [3.05, 3.63) is 42.2 Å². The fourth-order valence-corrected chi connectivity index (χ4v) is 4.89. The molecule has 1 N–H and O–H groups in total. The van der Waals surface area contributed by atoms with Gasteiger partial charge in [-0.25, -0.2) is 4.98 Å². The number of imidazole rings is 1. The molecule has 0 spiro atoms. The maximum absolute atomic E-state index is 4.76. The Morgan fingerprint density at radius 3 is 2.44 bits per heavy atom. The van der Waals surface area contributed by atoms with Crippen LogP contribution in [-0.4, -0.2) is 65.2 Å². The highest BCUT2D eigenvalue weighted by molar-refractivity contribution is 5.55. The average molecular weight is 368 g/mol. The van der Waals surface area contributed by atoms with Gasteiger partial charge in [-0.15, -0.1) is 0 Å². The molecule has 0 amide bonds. The van der Waals surface area contributed by atoms with E-state index in [1.165, 1.54) is 50.0 Å². The summed E-state index contributed by atoms with van der Waals surface area (Å²) in [5.41, 5.74) is 2.48. The molecule has 2 heterocycles. The van der Waals surface area contributed by atoms with Crippen molar-refractivity contribution in [2.75, 3.05) is 39.8 Å². The molecular formula is C22H33N5. The minimum Gasteiger partial charge on any atom is -0.330 e. The number of hydrogen-bond donors (Lipinski definition) is 1. The topological polar surface area (TPSA) is 36.3 Å². The third-order valence-corrected chi connectivity index (χ3v) is 6.43. The van der Waals surface area contributed by atoms with Gasteiger partial charge in [0.1, 0.15) is 5.82 Å². The molecule has 0 bridgehead atoms. The van der Waals surface area contributed by atoms with Crippen molar-refractivity contribution in [1.29, 1.82) is 0 Å². The standard InChI is InChI=1S/C22H33N5/c1-23-16-21(27-14-12-26(13-15-27)19-10-6-7-11-19)20-17-24-22(25(20)2)18-8-4-3-5-9-18/h3-5,8-9,17,19,21,23H,6-7,10-16H2,1-2H3. The number of rotatable bonds is 6. The molecule has 1 aliphatic carbocycles. The van der Waals surface area contributed by atoms with E-state index in [2.05, 4.69) is 70.3 Å². The second kappa shape index (κ2) is 8.55. The molecule has 27 heavy (non-hydrogen) atoms. The van der Waals surface area contributed by atoms with Gasteiger partial charge in [-0.2, -0.15) is 0 Å². The maximum Gasteiger partial charge on any atom is 0.139 e. The Labute approximate surface area is 163 Å². The van der Waals surface area contributed by atoms with Gasteiger partial charge in [0, 0.05) is 51.4 Å². The first-order valence-electron chi connectivity index (χ1n) is 10.5. The summed E-state index contributed by atoms with van der Waals surface area (Å²) in [5, 5.41) is 3.41. The molecule has 146 valence electrons. The minimum absolute atomic E-state index is 0.371. The van der Waals surface area contributed by atoms with Gasteiger partial charge in [-0.05, 0) is 19.9 Å². The zero-order chi connectivity index (χ0) is 18.6. The first kappa shape index (κ1) is 18.7. The van der Waals surface area contributed by atoms with Crippen LogP contribution in [0.3, 0.4) is 0 Å². The van der Waals surface area contributed by atoms with Crippen LogP contribution in [0.5, 0.6) is 0 Å². The van der Waals surface area contributed by atoms with Gasteiger partial charge in [0.2, 0.25) is 0 Å². The first-order valence-corrected chi connectivity index (χ1v) is 10.5. The van der Waals surface area contributed by atoms with Crippen molar-refractivity contribution in [2.45, 2.75) is 37.8 Å². The van der Waals surface area contributed by atoms with Crippen LogP contribution in [0.25, 0.3) is 11.4 Å². The summed E-state index contributed by atoms with van der Waals surface area (Å²) in [7, 11) is 4.21. The van der Waals surface area contributed by atoms with E-state index >= 15 is 0 Å². The third-order valence-electron chi connectivity index (χ3n) is 6.43. The Hall–Kier alpha value is -1.69. The van der Waals surface area contributed by atoms with Gasteiger partial charge in [0.05, 0.1) is 17.9 Å². The number of aromatic nitrogens is 2. The predicted octanol–water partition coefficient (Wildman–Crippen LogP) is 2.91. The first-order chi connectivity index (χ1) is 13.3. The van der Waals surface area contributed by atoms with Crippen LogP contribution in [0.4, 0.5) is 0 Å². The molecule has 1 atom stereocenters. The van der Waals surface area contributed by atoms with E-state index in [-0.39, 0.29) is 0 Å². The van der Waals surface area contributed by atoms with Crippen molar-refractivity contribution in [3.63, 3.8) is 0 Å². The van der Waals surface area contributed by atoms with Gasteiger partial charge < -0.3 is 9.88 Å². The lowest BCUT2D eigenvalue weighted by Crippen LogP contribution is -2.52. The monoisotopic (exact) mass is 367 g/mol. The van der Waals surface area contributed by atoms with Crippen LogP contribution in [0.15, 0.2) is 36.5 Å². The number of nitrogens with zero attached hydrogens (tertiary/aromatic N) is 4. The summed E-state index contributed by atoms with van der Waals surface area (Å²) in [6, 6.07) is 11.7. The smallest absolute Gasteiger partial charge is 0.139 e. The Morgan fingerprint density at radius 1 is 1.07 bits per heavy atom. The number of likely N-dealkylation sites (N-methyl/N-ethyl adjacent to an activating group) is 1. The zero-order valence-electron chi connectivity index (χ0n) is 16.8. The molecule has 4 rings (SSSR count). The van der Waals surface area contributed by atoms with E-state index in [1.807, 2.05) is 0 Å². The summed E-state index contributed by atoms with van der Waals surface area (Å²) < 4.78 is 2.28. The van der Waals surface area contributed by atoms with Crippen LogP contribution in [-0.2, 0) is 7.05 Å². The quantitative estimate of drug-likeness (QED) is 0.852. The molecule has 1 unspecified atom stereocenters. The Balaban J connectivity index is 1.49. The van der Waals surface area contributed by atoms with Crippen molar-refractivity contribution < 1.29 is 0 Å². The number of piperazine rings is 1. The van der Waals surface area contributed by atoms with Crippen LogP contribution in [0, 0.1) is 0 Å². The van der Waals surface area contributed by atoms with Crippen LogP contribution in [0.1, 0.15) is 37.4 Å². The highest BCUT2D eigenvalue weighted by Gasteiger charge is 2.30. The molecular weight excluding hydrogens is 334 g/mol. The lowest BCUT2D eigenvalue weighted by Gasteiger charge is -2.41. The second-order valence-electron chi connectivity index (χ2n) is 8.02. The molecule has 2 aromatic rings. The van der Waals surface area contributed by atoms with Crippen molar-refractivity contribution in [2.24, 2.45) is 7.05 Å². The van der Waals surface area contributed by atoms with Crippen LogP contribution < -0.4 is 5.32 Å². The predicted molar refractivity (Wildman–Crippen MR) is 111 cm³/mol. The van der Waals surface area contributed by atoms with E-state index in [1.54, 1.807) is 0 Å². The lowest BCUT2D eigenvalue weighted by atomic mass is 10.1. The lowest BCUT2D eigenvalue weighted by molar-refractivity contribution is 0.0682. The molecule has 1 saturated heterocycles. The molecule has 2 aliphatic rings. The second-order valence-corrected chi connectivity index (χ2v) is 8.02. The summed E-state index contributed by atoms with van der Waals surface area (Å²) in [4.78, 5) is 10.1. The SMILES string of the molecule is CNCC(c1cnc(-c2ccccc2)n1C)N1CCN(C2CCCC2)CC1. The largest absolute Gasteiger partial charge is 0.330 e. The number of hydrogen-bond acceptors (Lipinski definition) is 4. The minimum atomic E-state index is 0.371. The van der Waals surface area contributed by atoms with Gasteiger partial charge in [-0.3, -0.25) is 9.80 Å². The molecule has 1 saturated carbocycles. The van der Waals surface area contributed by atoms with Crippen molar-refractivity contribution >= 4 is 0 Å². The van der Waals surface area contributed by atoms with E-state index in [9.17, 15) is 0 Å². The Bertz CT molecular complexity index is 712. The van der Waals surface area contributed by atoms with Gasteiger partial charge in [-0.1, -0.05) is 43.2 Å². The fourth-order valence-electron chi connectivity index (χ4n) is 4.89. The summed E-state index contributed by atoms with van der Waals surface area (Å²) in [6.45, 7) is 5.66. The number of benzene rings is 1. The van der Waals surface area contributed by atoms with Crippen molar-refractivity contribution in [1.82, 2.24) is 24.7 Å². The fraction of sp³-hybridized carbons (Fsp3) is 0.591. The Kier molecular flexibility index (Phi) is 5.91. The summed E-state index contributed by atoms with van der Waals surface area (Å²) in [5.74, 6) is 1.05. The van der Waals surface area contributed by atoms with Gasteiger partial charge in [0.15, 0.2) is 0 Å². The third kappa shape index (κ3) is 3.96. The Morgan fingerprint density at radius 2 is 1.78 bits per heavy atom. The molecule has 1 aromatic carbocycles. The normalized spacial score (nSPS) is 21.0. The van der Waals surface area contributed by atoms with E-state index in [0.717, 1.165) is 31.5 Å². The van der Waals surface area contributed by atoms with Crippen LogP contribution in [0.2, 0.25) is 0 Å². The molecule has 1 aromatic heterocycles. The van der Waals surface area contributed by atoms with Crippen LogP contribution >= 0.6 is 0 Å². The maximum atomic E-state index is 4.76. The molecule has 2 fully saturated rings. The molecule has 0 radical (unpaired) electrons. The highest BCUT2D eigenvalue weighted by Crippen LogP contribution is 2.28. The summed E-state index contributed by atoms with van der Waals surface area (Å²) >= 11 is 0. The van der Waals surface area contributed by atoms with Gasteiger partial charge >= 0.3 is 0 Å². The zero-order valence-corrected chi connectivity index (χ0v) is 16.8. The van der Waals surface area contributed by atoms with Gasteiger partial charge in [0.25, 0.3) is 0 Å². The van der Waals surface area contributed by atoms with E-state index < -0.39 is 0 Å². The van der Waals surface area contributed by atoms with E-state index in [0.29, 0.717) is 6.04 Å². The molecule has 5 heteroatoms. The average Bonchev–Trinajstić information content (AvgIpc) is 3.37. The summed E-state index contributed by atoms with van der Waals surface area (Å²) in [6.07, 6.45) is 7.73. The highest BCUT2D eigenvalue weighted by atomic mass is 15.3.